The Morgan fingerprint density at radius 3 is 2.95 bits per heavy atom. The molecule has 2 N–H and O–H groups in total. The maximum atomic E-state index is 11.7. The van der Waals surface area contributed by atoms with E-state index in [4.69, 9.17) is 4.74 Å². The predicted octanol–water partition coefficient (Wildman–Crippen LogP) is 1.88. The normalized spacial score (nSPS) is 15.8. The molecule has 0 radical (unpaired) electrons. The predicted molar refractivity (Wildman–Crippen MR) is 79.9 cm³/mol. The van der Waals surface area contributed by atoms with Crippen molar-refractivity contribution in [3.05, 3.63) is 29.8 Å². The Kier molecular flexibility index (Phi) is 5.87. The molecule has 2 rings (SSSR count). The van der Waals surface area contributed by atoms with Crippen LogP contribution < -0.4 is 15.4 Å². The van der Waals surface area contributed by atoms with Crippen LogP contribution in [0.5, 0.6) is 5.75 Å². The summed E-state index contributed by atoms with van der Waals surface area (Å²) in [4.78, 5) is 11.7. The van der Waals surface area contributed by atoms with Crippen molar-refractivity contribution in [1.82, 2.24) is 10.6 Å². The molecule has 4 heteroatoms. The minimum absolute atomic E-state index is 0.0798. The lowest BCUT2D eigenvalue weighted by atomic mass is 9.98. The molecule has 1 fully saturated rings. The Balaban J connectivity index is 1.60. The third-order valence-corrected chi connectivity index (χ3v) is 3.63. The van der Waals surface area contributed by atoms with Gasteiger partial charge in [-0.05, 0) is 56.5 Å². The van der Waals surface area contributed by atoms with E-state index in [0.717, 1.165) is 43.8 Å². The van der Waals surface area contributed by atoms with E-state index in [0.29, 0.717) is 18.9 Å². The van der Waals surface area contributed by atoms with E-state index < -0.39 is 0 Å². The molecule has 0 atom stereocenters. The van der Waals surface area contributed by atoms with Crippen LogP contribution in [-0.4, -0.2) is 32.1 Å². The molecule has 0 aromatic heterocycles. The highest BCUT2D eigenvalue weighted by Gasteiger charge is 2.13. The summed E-state index contributed by atoms with van der Waals surface area (Å²) in [6.07, 6.45) is 2.72. The van der Waals surface area contributed by atoms with E-state index >= 15 is 0 Å². The van der Waals surface area contributed by atoms with Gasteiger partial charge in [0, 0.05) is 6.54 Å². The van der Waals surface area contributed by atoms with Crippen LogP contribution in [0.15, 0.2) is 24.3 Å². The fourth-order valence-corrected chi connectivity index (χ4v) is 2.40. The number of nitrogens with one attached hydrogen (secondary N) is 2. The second-order valence-corrected chi connectivity index (χ2v) is 5.41. The van der Waals surface area contributed by atoms with Crippen molar-refractivity contribution in [2.24, 2.45) is 5.92 Å². The number of piperidine rings is 1. The zero-order valence-corrected chi connectivity index (χ0v) is 12.2. The molecule has 1 amide bonds. The van der Waals surface area contributed by atoms with Crippen LogP contribution in [0.1, 0.15) is 24.8 Å². The van der Waals surface area contributed by atoms with Crippen LogP contribution in [-0.2, 0) is 4.79 Å². The molecular weight excluding hydrogens is 252 g/mol. The van der Waals surface area contributed by atoms with Crippen LogP contribution in [0.4, 0.5) is 0 Å². The lowest BCUT2D eigenvalue weighted by Gasteiger charge is -2.22. The number of aryl methyl sites for hydroxylation is 1. The van der Waals surface area contributed by atoms with Crippen molar-refractivity contribution in [3.63, 3.8) is 0 Å². The maximum absolute atomic E-state index is 11.7. The van der Waals surface area contributed by atoms with Crippen molar-refractivity contribution in [2.45, 2.75) is 26.2 Å². The van der Waals surface area contributed by atoms with Gasteiger partial charge in [0.25, 0.3) is 0 Å². The molecular formula is C16H24N2O2. The zero-order chi connectivity index (χ0) is 14.2. The molecule has 1 heterocycles. The van der Waals surface area contributed by atoms with E-state index in [1.165, 1.54) is 0 Å². The Bertz CT molecular complexity index is 428. The van der Waals surface area contributed by atoms with Crippen LogP contribution in [0.2, 0.25) is 0 Å². The largest absolute Gasteiger partial charge is 0.493 e. The van der Waals surface area contributed by atoms with E-state index in [2.05, 4.69) is 10.6 Å². The first-order valence-electron chi connectivity index (χ1n) is 7.41. The maximum Gasteiger partial charge on any atom is 0.223 e. The number of carbonyl (C=O) groups excluding carboxylic acids is 1. The van der Waals surface area contributed by atoms with Crippen LogP contribution in [0.3, 0.4) is 0 Å². The summed E-state index contributed by atoms with van der Waals surface area (Å²) in [7, 11) is 0. The lowest BCUT2D eigenvalue weighted by molar-refractivity contribution is -0.121. The number of hydrogen-bond acceptors (Lipinski definition) is 3. The third-order valence-electron chi connectivity index (χ3n) is 3.63. The van der Waals surface area contributed by atoms with E-state index in [9.17, 15) is 4.79 Å². The summed E-state index contributed by atoms with van der Waals surface area (Å²) < 4.78 is 5.58. The Labute approximate surface area is 120 Å². The van der Waals surface area contributed by atoms with Crippen LogP contribution >= 0.6 is 0 Å². The smallest absolute Gasteiger partial charge is 0.223 e. The molecule has 1 aromatic carbocycles. The van der Waals surface area contributed by atoms with E-state index in [1.807, 2.05) is 31.2 Å². The molecule has 0 bridgehead atoms. The van der Waals surface area contributed by atoms with Gasteiger partial charge in [-0.1, -0.05) is 12.1 Å². The Hall–Kier alpha value is -1.55. The highest BCUT2D eigenvalue weighted by atomic mass is 16.5. The molecule has 1 saturated heterocycles. The standard InChI is InChI=1S/C16H24N2O2/c1-13-3-2-4-15(11-13)20-10-7-16(19)18-12-14-5-8-17-9-6-14/h2-4,11,14,17H,5-10,12H2,1H3,(H,18,19). The number of amides is 1. The molecule has 1 aliphatic heterocycles. The Morgan fingerprint density at radius 2 is 2.20 bits per heavy atom. The molecule has 20 heavy (non-hydrogen) atoms. The van der Waals surface area contributed by atoms with Gasteiger partial charge in [-0.2, -0.15) is 0 Å². The van der Waals surface area contributed by atoms with Gasteiger partial charge in [0.05, 0.1) is 13.0 Å². The molecule has 0 unspecified atom stereocenters. The number of rotatable bonds is 6. The number of benzene rings is 1. The topological polar surface area (TPSA) is 50.4 Å². The quantitative estimate of drug-likeness (QED) is 0.834. The number of hydrogen-bond donors (Lipinski definition) is 2. The average molecular weight is 276 g/mol. The monoisotopic (exact) mass is 276 g/mol. The molecule has 1 aliphatic rings. The minimum Gasteiger partial charge on any atom is -0.493 e. The van der Waals surface area contributed by atoms with Crippen molar-refractivity contribution in [3.8, 4) is 5.75 Å². The first-order chi connectivity index (χ1) is 9.74. The minimum atomic E-state index is 0.0798. The summed E-state index contributed by atoms with van der Waals surface area (Å²) >= 11 is 0. The van der Waals surface area contributed by atoms with Gasteiger partial charge < -0.3 is 15.4 Å². The van der Waals surface area contributed by atoms with Crippen molar-refractivity contribution in [1.29, 1.82) is 0 Å². The highest BCUT2D eigenvalue weighted by molar-refractivity contribution is 5.75. The molecule has 1 aromatic rings. The zero-order valence-electron chi connectivity index (χ0n) is 12.2. The average Bonchev–Trinajstić information content (AvgIpc) is 2.46. The van der Waals surface area contributed by atoms with Crippen molar-refractivity contribution >= 4 is 5.91 Å². The van der Waals surface area contributed by atoms with Crippen molar-refractivity contribution < 1.29 is 9.53 Å². The third kappa shape index (κ3) is 5.21. The van der Waals surface area contributed by atoms with Gasteiger partial charge in [0.2, 0.25) is 5.91 Å². The van der Waals surface area contributed by atoms with Crippen LogP contribution in [0, 0.1) is 12.8 Å². The first-order valence-corrected chi connectivity index (χ1v) is 7.41. The van der Waals surface area contributed by atoms with E-state index in [1.54, 1.807) is 0 Å². The SMILES string of the molecule is Cc1cccc(OCCC(=O)NCC2CCNCC2)c1. The summed E-state index contributed by atoms with van der Waals surface area (Å²) in [5, 5.41) is 6.33. The summed E-state index contributed by atoms with van der Waals surface area (Å²) in [5.74, 6) is 1.53. The van der Waals surface area contributed by atoms with Gasteiger partial charge in [0.15, 0.2) is 0 Å². The van der Waals surface area contributed by atoms with Gasteiger partial charge in [0.1, 0.15) is 5.75 Å². The summed E-state index contributed by atoms with van der Waals surface area (Å²) in [6, 6.07) is 7.88. The Morgan fingerprint density at radius 1 is 1.40 bits per heavy atom. The summed E-state index contributed by atoms with van der Waals surface area (Å²) in [5.41, 5.74) is 1.16. The lowest BCUT2D eigenvalue weighted by Crippen LogP contribution is -2.36. The van der Waals surface area contributed by atoms with Crippen molar-refractivity contribution in [2.75, 3.05) is 26.2 Å². The molecule has 110 valence electrons. The number of ether oxygens (including phenoxy) is 1. The molecule has 4 nitrogen and oxygen atoms in total. The van der Waals surface area contributed by atoms with E-state index in [-0.39, 0.29) is 5.91 Å². The second kappa shape index (κ2) is 7.90. The van der Waals surface area contributed by atoms with Crippen LogP contribution in [0.25, 0.3) is 0 Å². The first kappa shape index (κ1) is 14.9. The molecule has 0 aliphatic carbocycles. The number of carbonyl (C=O) groups is 1. The molecule has 0 saturated carbocycles. The van der Waals surface area contributed by atoms with Gasteiger partial charge in [-0.3, -0.25) is 4.79 Å². The van der Waals surface area contributed by atoms with Gasteiger partial charge in [-0.25, -0.2) is 0 Å². The van der Waals surface area contributed by atoms with Gasteiger partial charge >= 0.3 is 0 Å². The fourth-order valence-electron chi connectivity index (χ4n) is 2.40. The summed E-state index contributed by atoms with van der Waals surface area (Å²) in [6.45, 7) is 5.39. The molecule has 0 spiro atoms. The van der Waals surface area contributed by atoms with Gasteiger partial charge in [-0.15, -0.1) is 0 Å². The fraction of sp³-hybridized carbons (Fsp3) is 0.562. The highest BCUT2D eigenvalue weighted by Crippen LogP contribution is 2.12. The second-order valence-electron chi connectivity index (χ2n) is 5.41.